The first-order valence-corrected chi connectivity index (χ1v) is 8.92. The van der Waals surface area contributed by atoms with E-state index in [0.717, 1.165) is 5.56 Å². The number of likely N-dealkylation sites (tertiary alicyclic amines) is 1. The number of carbonyl (C=O) groups excluding carboxylic acids is 1. The highest BCUT2D eigenvalue weighted by atomic mass is 19.1. The van der Waals surface area contributed by atoms with Crippen molar-refractivity contribution < 1.29 is 24.2 Å². The van der Waals surface area contributed by atoms with Crippen molar-refractivity contribution in [3.8, 4) is 0 Å². The summed E-state index contributed by atoms with van der Waals surface area (Å²) in [4.78, 5) is 26.1. The van der Waals surface area contributed by atoms with Gasteiger partial charge in [0.1, 0.15) is 5.82 Å². The Morgan fingerprint density at radius 2 is 1.74 bits per heavy atom. The summed E-state index contributed by atoms with van der Waals surface area (Å²) in [6, 6.07) is 14.6. The van der Waals surface area contributed by atoms with Crippen molar-refractivity contribution >= 4 is 11.9 Å². The van der Waals surface area contributed by atoms with Crippen LogP contribution in [0.2, 0.25) is 0 Å². The molecule has 2 aromatic rings. The summed E-state index contributed by atoms with van der Waals surface area (Å²) in [5.41, 5.74) is 0.0908. The molecule has 0 radical (unpaired) electrons. The van der Waals surface area contributed by atoms with Gasteiger partial charge in [-0.2, -0.15) is 0 Å². The van der Waals surface area contributed by atoms with Crippen LogP contribution in [0.15, 0.2) is 54.6 Å². The van der Waals surface area contributed by atoms with E-state index < -0.39 is 23.3 Å². The Kier molecular flexibility index (Phi) is 5.56. The number of hydrogen-bond acceptors (Lipinski definition) is 3. The number of nitrogens with zero attached hydrogens (tertiary/aromatic N) is 1. The highest BCUT2D eigenvalue weighted by molar-refractivity contribution is 5.83. The number of aliphatic carboxylic acids is 1. The van der Waals surface area contributed by atoms with E-state index >= 15 is 0 Å². The quantitative estimate of drug-likeness (QED) is 0.847. The van der Waals surface area contributed by atoms with E-state index in [4.69, 9.17) is 0 Å². The third-order valence-electron chi connectivity index (χ3n) is 5.31. The van der Waals surface area contributed by atoms with Gasteiger partial charge in [0.15, 0.2) is 0 Å². The molecule has 1 fully saturated rings. The van der Waals surface area contributed by atoms with Crippen LogP contribution in [-0.4, -0.2) is 40.1 Å². The number of aliphatic hydroxyl groups is 1. The van der Waals surface area contributed by atoms with Crippen LogP contribution in [0.4, 0.5) is 4.39 Å². The molecule has 0 bridgehead atoms. The number of amides is 1. The number of halogens is 1. The molecule has 1 aliphatic rings. The topological polar surface area (TPSA) is 77.8 Å². The van der Waals surface area contributed by atoms with E-state index in [2.05, 4.69) is 0 Å². The van der Waals surface area contributed by atoms with Gasteiger partial charge in [0.2, 0.25) is 5.91 Å². The Balaban J connectivity index is 1.66. The smallest absolute Gasteiger partial charge is 0.314 e. The Labute approximate surface area is 157 Å². The highest BCUT2D eigenvalue weighted by Gasteiger charge is 2.43. The van der Waals surface area contributed by atoms with Gasteiger partial charge >= 0.3 is 5.97 Å². The van der Waals surface area contributed by atoms with Crippen LogP contribution in [0.25, 0.3) is 0 Å². The largest absolute Gasteiger partial charge is 0.481 e. The average Bonchev–Trinajstić information content (AvgIpc) is 2.68. The van der Waals surface area contributed by atoms with Crippen molar-refractivity contribution in [2.75, 3.05) is 13.1 Å². The molecule has 142 valence electrons. The zero-order valence-corrected chi connectivity index (χ0v) is 14.8. The van der Waals surface area contributed by atoms with E-state index in [1.54, 1.807) is 23.1 Å². The summed E-state index contributed by atoms with van der Waals surface area (Å²) in [6.07, 6.45) is -0.620. The molecular weight excluding hydrogens is 349 g/mol. The number of carboxylic acids is 1. The second kappa shape index (κ2) is 7.88. The predicted octanol–water partition coefficient (Wildman–Crippen LogP) is 2.89. The summed E-state index contributed by atoms with van der Waals surface area (Å²) in [5.74, 6) is -1.62. The third kappa shape index (κ3) is 4.01. The van der Waals surface area contributed by atoms with Crippen LogP contribution in [0.1, 0.15) is 36.5 Å². The van der Waals surface area contributed by atoms with Gasteiger partial charge in [-0.05, 0) is 36.1 Å². The molecule has 1 saturated heterocycles. The normalized spacial score (nSPS) is 17.3. The molecule has 27 heavy (non-hydrogen) atoms. The molecule has 1 atom stereocenters. The fourth-order valence-electron chi connectivity index (χ4n) is 3.65. The van der Waals surface area contributed by atoms with Crippen LogP contribution >= 0.6 is 0 Å². The maximum atomic E-state index is 13.3. The van der Waals surface area contributed by atoms with Gasteiger partial charge in [-0.25, -0.2) is 4.39 Å². The van der Waals surface area contributed by atoms with Crippen molar-refractivity contribution in [2.45, 2.75) is 30.8 Å². The molecule has 0 aromatic heterocycles. The number of carboxylic acid groups (broad SMARTS) is 1. The van der Waals surface area contributed by atoms with Gasteiger partial charge in [0.25, 0.3) is 0 Å². The minimum absolute atomic E-state index is 0.158. The molecule has 2 N–H and O–H groups in total. The molecule has 0 saturated carbocycles. The Morgan fingerprint density at radius 1 is 1.07 bits per heavy atom. The van der Waals surface area contributed by atoms with Crippen molar-refractivity contribution in [3.63, 3.8) is 0 Å². The van der Waals surface area contributed by atoms with E-state index in [-0.39, 0.29) is 12.3 Å². The van der Waals surface area contributed by atoms with Gasteiger partial charge in [0, 0.05) is 13.1 Å². The molecule has 3 rings (SSSR count). The van der Waals surface area contributed by atoms with Crippen molar-refractivity contribution in [1.82, 2.24) is 4.90 Å². The standard InChI is InChI=1S/C21H22FNO4/c22-17-8-4-5-15(13-17)18(24)14-19(25)23-11-9-21(10-12-23,20(26)27)16-6-2-1-3-7-16/h1-8,13,18,24H,9-12,14H2,(H,26,27)/t18-/m1/s1. The lowest BCUT2D eigenvalue weighted by Crippen LogP contribution is -2.49. The minimum atomic E-state index is -1.09. The Hall–Kier alpha value is -2.73. The molecule has 1 heterocycles. The first-order valence-electron chi connectivity index (χ1n) is 8.92. The summed E-state index contributed by atoms with van der Waals surface area (Å²) in [5, 5.41) is 20.0. The van der Waals surface area contributed by atoms with Gasteiger partial charge in [-0.15, -0.1) is 0 Å². The lowest BCUT2D eigenvalue weighted by molar-refractivity contribution is -0.148. The summed E-state index contributed by atoms with van der Waals surface area (Å²) in [7, 11) is 0. The SMILES string of the molecule is O=C(C[C@@H](O)c1cccc(F)c1)N1CCC(C(=O)O)(c2ccccc2)CC1. The lowest BCUT2D eigenvalue weighted by Gasteiger charge is -2.39. The number of benzene rings is 2. The van der Waals surface area contributed by atoms with E-state index in [0.29, 0.717) is 31.5 Å². The Bertz CT molecular complexity index is 816. The fraction of sp³-hybridized carbons (Fsp3) is 0.333. The lowest BCUT2D eigenvalue weighted by atomic mass is 9.73. The molecule has 1 aliphatic heterocycles. The summed E-state index contributed by atoms with van der Waals surface area (Å²) >= 11 is 0. The van der Waals surface area contributed by atoms with Crippen LogP contribution in [0.3, 0.4) is 0 Å². The minimum Gasteiger partial charge on any atom is -0.481 e. The zero-order valence-electron chi connectivity index (χ0n) is 14.8. The fourth-order valence-corrected chi connectivity index (χ4v) is 3.65. The first-order chi connectivity index (χ1) is 12.9. The first kappa shape index (κ1) is 19.0. The molecule has 0 spiro atoms. The maximum Gasteiger partial charge on any atom is 0.314 e. The summed E-state index contributed by atoms with van der Waals surface area (Å²) < 4.78 is 13.3. The van der Waals surface area contributed by atoms with E-state index in [1.165, 1.54) is 18.2 Å². The average molecular weight is 371 g/mol. The number of aliphatic hydroxyl groups excluding tert-OH is 1. The third-order valence-corrected chi connectivity index (χ3v) is 5.31. The number of carbonyl (C=O) groups is 2. The maximum absolute atomic E-state index is 13.3. The van der Waals surface area contributed by atoms with Crippen LogP contribution < -0.4 is 0 Å². The number of rotatable bonds is 5. The molecular formula is C21H22FNO4. The number of piperidine rings is 1. The predicted molar refractivity (Wildman–Crippen MR) is 97.5 cm³/mol. The summed E-state index contributed by atoms with van der Waals surface area (Å²) in [6.45, 7) is 0.603. The van der Waals surface area contributed by atoms with E-state index in [9.17, 15) is 24.2 Å². The highest BCUT2D eigenvalue weighted by Crippen LogP contribution is 2.36. The molecule has 1 amide bonds. The van der Waals surface area contributed by atoms with Crippen LogP contribution in [-0.2, 0) is 15.0 Å². The van der Waals surface area contributed by atoms with E-state index in [1.807, 2.05) is 18.2 Å². The zero-order chi connectivity index (χ0) is 19.4. The molecule has 2 aromatic carbocycles. The van der Waals surface area contributed by atoms with Gasteiger partial charge < -0.3 is 15.1 Å². The molecule has 6 heteroatoms. The van der Waals surface area contributed by atoms with Crippen LogP contribution in [0, 0.1) is 5.82 Å². The van der Waals surface area contributed by atoms with Crippen LogP contribution in [0.5, 0.6) is 0 Å². The van der Waals surface area contributed by atoms with Crippen molar-refractivity contribution in [3.05, 3.63) is 71.5 Å². The van der Waals surface area contributed by atoms with Crippen molar-refractivity contribution in [2.24, 2.45) is 0 Å². The second-order valence-electron chi connectivity index (χ2n) is 6.91. The van der Waals surface area contributed by atoms with Crippen molar-refractivity contribution in [1.29, 1.82) is 0 Å². The molecule has 0 aliphatic carbocycles. The van der Waals surface area contributed by atoms with Gasteiger partial charge in [-0.1, -0.05) is 42.5 Å². The monoisotopic (exact) mass is 371 g/mol. The molecule has 5 nitrogen and oxygen atoms in total. The van der Waals surface area contributed by atoms with Gasteiger partial charge in [0.05, 0.1) is 17.9 Å². The van der Waals surface area contributed by atoms with Gasteiger partial charge in [-0.3, -0.25) is 9.59 Å². The molecule has 0 unspecified atom stereocenters. The second-order valence-corrected chi connectivity index (χ2v) is 6.91. The number of hydrogen-bond donors (Lipinski definition) is 2. The Morgan fingerprint density at radius 3 is 2.33 bits per heavy atom.